The third-order valence-electron chi connectivity index (χ3n) is 5.61. The van der Waals surface area contributed by atoms with E-state index in [4.69, 9.17) is 11.6 Å². The predicted molar refractivity (Wildman–Crippen MR) is 131 cm³/mol. The Kier molecular flexibility index (Phi) is 6.23. The second-order valence-electron chi connectivity index (χ2n) is 8.34. The lowest BCUT2D eigenvalue weighted by Gasteiger charge is -2.08. The van der Waals surface area contributed by atoms with Gasteiger partial charge in [0.2, 0.25) is 5.91 Å². The van der Waals surface area contributed by atoms with Gasteiger partial charge in [0.1, 0.15) is 6.54 Å². The van der Waals surface area contributed by atoms with Gasteiger partial charge < -0.3 is 5.32 Å². The lowest BCUT2D eigenvalue weighted by Crippen LogP contribution is -2.19. The van der Waals surface area contributed by atoms with Gasteiger partial charge in [0.05, 0.1) is 41.4 Å². The minimum Gasteiger partial charge on any atom is -0.322 e. The molecule has 0 aliphatic carbocycles. The Hall–Kier alpha value is -4.12. The van der Waals surface area contributed by atoms with Crippen molar-refractivity contribution in [2.24, 2.45) is 7.05 Å². The van der Waals surface area contributed by atoms with Crippen molar-refractivity contribution in [1.82, 2.24) is 34.3 Å². The van der Waals surface area contributed by atoms with Crippen LogP contribution in [0, 0.1) is 6.92 Å². The first-order valence-corrected chi connectivity index (χ1v) is 11.4. The van der Waals surface area contributed by atoms with Gasteiger partial charge in [0.15, 0.2) is 5.65 Å². The molecule has 12 heteroatoms. The molecule has 36 heavy (non-hydrogen) atoms. The molecule has 4 heterocycles. The van der Waals surface area contributed by atoms with Crippen LogP contribution in [-0.2, 0) is 24.9 Å². The largest absolute Gasteiger partial charge is 0.322 e. The van der Waals surface area contributed by atoms with E-state index in [9.17, 15) is 13.6 Å². The van der Waals surface area contributed by atoms with E-state index in [2.05, 4.69) is 25.6 Å². The number of rotatable bonds is 7. The molecule has 0 unspecified atom stereocenters. The third kappa shape index (κ3) is 4.82. The second-order valence-corrected chi connectivity index (χ2v) is 8.78. The van der Waals surface area contributed by atoms with E-state index >= 15 is 0 Å². The number of carbonyl (C=O) groups is 1. The maximum absolute atomic E-state index is 13.9. The number of nitrogens with one attached hydrogen (secondary N) is 1. The van der Waals surface area contributed by atoms with Crippen LogP contribution < -0.4 is 5.32 Å². The molecule has 1 aromatic carbocycles. The first-order valence-electron chi connectivity index (χ1n) is 11.0. The molecule has 0 aliphatic rings. The summed E-state index contributed by atoms with van der Waals surface area (Å²) in [5.74, 6) is -0.391. The van der Waals surface area contributed by atoms with E-state index in [1.165, 1.54) is 16.9 Å². The highest BCUT2D eigenvalue weighted by atomic mass is 35.5. The SMILES string of the molecule is Cc1nn(CC(=O)Nc2cnn(Cc3ccc(Cl)cc3)c2)c2nc(-c3cnn(C)c3)cc(C(F)F)c12. The topological polar surface area (TPSA) is 95.5 Å². The van der Waals surface area contributed by atoms with Gasteiger partial charge in [-0.1, -0.05) is 23.7 Å². The van der Waals surface area contributed by atoms with Crippen molar-refractivity contribution in [2.45, 2.75) is 26.4 Å². The fraction of sp³-hybridized carbons (Fsp3) is 0.208. The maximum atomic E-state index is 13.9. The van der Waals surface area contributed by atoms with Gasteiger partial charge in [0.25, 0.3) is 6.43 Å². The fourth-order valence-corrected chi connectivity index (χ4v) is 4.12. The maximum Gasteiger partial charge on any atom is 0.264 e. The summed E-state index contributed by atoms with van der Waals surface area (Å²) in [6.07, 6.45) is 3.74. The molecular weight excluding hydrogens is 490 g/mol. The van der Waals surface area contributed by atoms with Gasteiger partial charge in [-0.2, -0.15) is 15.3 Å². The number of halogens is 3. The van der Waals surface area contributed by atoms with Crippen LogP contribution in [0.25, 0.3) is 22.3 Å². The average Bonchev–Trinajstić information content (AvgIpc) is 3.54. The molecule has 0 atom stereocenters. The molecule has 0 saturated carbocycles. The quantitative estimate of drug-likeness (QED) is 0.345. The number of anilines is 1. The molecule has 0 radical (unpaired) electrons. The van der Waals surface area contributed by atoms with Gasteiger partial charge >= 0.3 is 0 Å². The fourth-order valence-electron chi connectivity index (χ4n) is 4.00. The van der Waals surface area contributed by atoms with E-state index in [1.807, 2.05) is 12.1 Å². The van der Waals surface area contributed by atoms with E-state index in [0.29, 0.717) is 34.2 Å². The first-order chi connectivity index (χ1) is 17.3. The number of hydrogen-bond acceptors (Lipinski definition) is 5. The monoisotopic (exact) mass is 510 g/mol. The van der Waals surface area contributed by atoms with Crippen molar-refractivity contribution < 1.29 is 13.6 Å². The van der Waals surface area contributed by atoms with Crippen molar-refractivity contribution in [2.75, 3.05) is 5.32 Å². The van der Waals surface area contributed by atoms with Gasteiger partial charge in [-0.05, 0) is 30.7 Å². The van der Waals surface area contributed by atoms with E-state index < -0.39 is 12.3 Å². The molecule has 0 bridgehead atoms. The summed E-state index contributed by atoms with van der Waals surface area (Å²) in [5.41, 5.74) is 2.81. The molecule has 0 aliphatic heterocycles. The van der Waals surface area contributed by atoms with Crippen LogP contribution in [0.15, 0.2) is 55.1 Å². The summed E-state index contributed by atoms with van der Waals surface area (Å²) in [6, 6.07) is 8.74. The van der Waals surface area contributed by atoms with Crippen LogP contribution in [0.1, 0.15) is 23.2 Å². The van der Waals surface area contributed by atoms with E-state index in [1.54, 1.807) is 54.1 Å². The van der Waals surface area contributed by atoms with Gasteiger partial charge in [-0.3, -0.25) is 14.2 Å². The highest BCUT2D eigenvalue weighted by molar-refractivity contribution is 6.30. The second kappa shape index (κ2) is 9.50. The molecule has 4 aromatic heterocycles. The Morgan fingerprint density at radius 1 is 1.14 bits per heavy atom. The standard InChI is InChI=1S/C24H21ClF2N8O/c1-14-22-19(23(26)27)7-20(16-8-28-33(2)11-16)31-24(22)35(32-14)13-21(36)30-18-9-29-34(12-18)10-15-3-5-17(25)6-4-15/h3-9,11-12,23H,10,13H2,1-2H3,(H,30,36). The number of amides is 1. The van der Waals surface area contributed by atoms with Crippen molar-refractivity contribution in [3.8, 4) is 11.3 Å². The minimum atomic E-state index is -2.73. The number of fused-ring (bicyclic) bond motifs is 1. The number of carbonyl (C=O) groups excluding carboxylic acids is 1. The number of nitrogens with zero attached hydrogens (tertiary/aromatic N) is 7. The van der Waals surface area contributed by atoms with Gasteiger partial charge in [-0.15, -0.1) is 0 Å². The van der Waals surface area contributed by atoms with Crippen LogP contribution in [0.2, 0.25) is 5.02 Å². The van der Waals surface area contributed by atoms with E-state index in [-0.39, 0.29) is 23.1 Å². The molecule has 5 aromatic rings. The molecule has 1 N–H and O–H groups in total. The molecule has 0 spiro atoms. The van der Waals surface area contributed by atoms with Crippen molar-refractivity contribution in [3.63, 3.8) is 0 Å². The summed E-state index contributed by atoms with van der Waals surface area (Å²) in [7, 11) is 1.73. The molecule has 9 nitrogen and oxygen atoms in total. The Balaban J connectivity index is 1.38. The van der Waals surface area contributed by atoms with Crippen LogP contribution in [0.5, 0.6) is 0 Å². The smallest absolute Gasteiger partial charge is 0.264 e. The molecular formula is C24H21ClF2N8O. The zero-order valence-corrected chi connectivity index (χ0v) is 20.1. The normalized spacial score (nSPS) is 11.5. The van der Waals surface area contributed by atoms with Crippen LogP contribution >= 0.6 is 11.6 Å². The number of aromatic nitrogens is 7. The molecule has 0 saturated heterocycles. The summed E-state index contributed by atoms with van der Waals surface area (Å²) in [6.45, 7) is 1.92. The molecule has 0 fully saturated rings. The molecule has 184 valence electrons. The van der Waals surface area contributed by atoms with Gasteiger partial charge in [0, 0.05) is 35.6 Å². The summed E-state index contributed by atoms with van der Waals surface area (Å²) in [5, 5.41) is 16.4. The Bertz CT molecular complexity index is 1550. The lowest BCUT2D eigenvalue weighted by atomic mass is 10.1. The summed E-state index contributed by atoms with van der Waals surface area (Å²) in [4.78, 5) is 17.4. The Morgan fingerprint density at radius 3 is 2.61 bits per heavy atom. The first kappa shape index (κ1) is 23.6. The van der Waals surface area contributed by atoms with Crippen molar-refractivity contribution in [1.29, 1.82) is 0 Å². The van der Waals surface area contributed by atoms with E-state index in [0.717, 1.165) is 5.56 Å². The predicted octanol–water partition coefficient (Wildman–Crippen LogP) is 4.61. The highest BCUT2D eigenvalue weighted by Crippen LogP contribution is 2.33. The van der Waals surface area contributed by atoms with Crippen LogP contribution in [0.4, 0.5) is 14.5 Å². The van der Waals surface area contributed by atoms with Gasteiger partial charge in [-0.25, -0.2) is 18.4 Å². The zero-order valence-electron chi connectivity index (χ0n) is 19.4. The summed E-state index contributed by atoms with van der Waals surface area (Å²) < 4.78 is 32.5. The number of alkyl halides is 2. The number of aryl methyl sites for hydroxylation is 2. The van der Waals surface area contributed by atoms with Crippen LogP contribution in [-0.4, -0.2) is 40.2 Å². The number of hydrogen-bond donors (Lipinski definition) is 1. The zero-order chi connectivity index (χ0) is 25.4. The van der Waals surface area contributed by atoms with Crippen molar-refractivity contribution in [3.05, 3.63) is 77.0 Å². The minimum absolute atomic E-state index is 0.188. The van der Waals surface area contributed by atoms with Crippen molar-refractivity contribution >= 4 is 34.2 Å². The lowest BCUT2D eigenvalue weighted by molar-refractivity contribution is -0.116. The average molecular weight is 511 g/mol. The molecule has 5 rings (SSSR count). The summed E-state index contributed by atoms with van der Waals surface area (Å²) >= 11 is 5.92. The van der Waals surface area contributed by atoms with Crippen LogP contribution in [0.3, 0.4) is 0 Å². The Labute approximate surface area is 209 Å². The number of benzene rings is 1. The molecule has 1 amide bonds. The third-order valence-corrected chi connectivity index (χ3v) is 5.86. The number of pyridine rings is 1. The Morgan fingerprint density at radius 2 is 1.92 bits per heavy atom. The highest BCUT2D eigenvalue weighted by Gasteiger charge is 2.22.